The van der Waals surface area contributed by atoms with Crippen LogP contribution in [0, 0.1) is 11.7 Å². The number of nitrogens with zero attached hydrogens (tertiary/aromatic N) is 2. The molecule has 0 bridgehead atoms. The number of urea groups is 1. The summed E-state index contributed by atoms with van der Waals surface area (Å²) in [7, 11) is 0. The Kier molecular flexibility index (Phi) is 6.39. The van der Waals surface area contributed by atoms with Crippen molar-refractivity contribution in [1.29, 1.82) is 0 Å². The molecule has 1 aliphatic heterocycles. The van der Waals surface area contributed by atoms with Crippen LogP contribution in [0.15, 0.2) is 24.3 Å². The minimum absolute atomic E-state index is 0.0294. The van der Waals surface area contributed by atoms with Gasteiger partial charge in [-0.2, -0.15) is 0 Å². The topological polar surface area (TPSA) is 35.6 Å². The number of hydrogen-bond donors (Lipinski definition) is 1. The van der Waals surface area contributed by atoms with Crippen molar-refractivity contribution in [3.8, 4) is 0 Å². The second-order valence-corrected chi connectivity index (χ2v) is 6.54. The molecule has 1 heterocycles. The van der Waals surface area contributed by atoms with Crippen molar-refractivity contribution in [2.24, 2.45) is 5.92 Å². The Morgan fingerprint density at radius 2 is 2.00 bits per heavy atom. The lowest BCUT2D eigenvalue weighted by atomic mass is 10.0. The summed E-state index contributed by atoms with van der Waals surface area (Å²) < 4.78 is 13.1. The average molecular weight is 321 g/mol. The predicted octanol–water partition coefficient (Wildman–Crippen LogP) is 3.09. The average Bonchev–Trinajstić information content (AvgIpc) is 2.72. The molecule has 2 amide bonds. The highest BCUT2D eigenvalue weighted by atomic mass is 19.1. The maximum Gasteiger partial charge on any atom is 0.317 e. The fraction of sp³-hybridized carbons (Fsp3) is 0.611. The lowest BCUT2D eigenvalue weighted by Crippen LogP contribution is -2.48. The van der Waals surface area contributed by atoms with E-state index in [1.807, 2.05) is 24.0 Å². The summed E-state index contributed by atoms with van der Waals surface area (Å²) in [5, 5.41) is 2.90. The van der Waals surface area contributed by atoms with Crippen molar-refractivity contribution in [2.75, 3.05) is 26.2 Å². The molecule has 23 heavy (non-hydrogen) atoms. The van der Waals surface area contributed by atoms with Gasteiger partial charge in [0.25, 0.3) is 0 Å². The van der Waals surface area contributed by atoms with Gasteiger partial charge in [-0.15, -0.1) is 0 Å². The molecule has 0 aliphatic carbocycles. The van der Waals surface area contributed by atoms with E-state index < -0.39 is 0 Å². The number of nitrogens with one attached hydrogen (secondary N) is 1. The number of rotatable bonds is 4. The summed E-state index contributed by atoms with van der Waals surface area (Å²) in [6, 6.07) is 7.06. The zero-order valence-electron chi connectivity index (χ0n) is 14.4. The van der Waals surface area contributed by atoms with Crippen LogP contribution in [-0.2, 0) is 6.54 Å². The zero-order valence-corrected chi connectivity index (χ0v) is 14.4. The standard InChI is InChI=1S/C18H28FN3O/c1-4-20-18(23)22-11-5-10-21(17(13-22)14(2)3)12-15-6-8-16(19)9-7-15/h6-9,14,17H,4-5,10-13H2,1-3H3,(H,20,23)/t17-/m0/s1. The fourth-order valence-corrected chi connectivity index (χ4v) is 3.16. The fourth-order valence-electron chi connectivity index (χ4n) is 3.16. The monoisotopic (exact) mass is 321 g/mol. The van der Waals surface area contributed by atoms with Gasteiger partial charge in [0, 0.05) is 38.8 Å². The van der Waals surface area contributed by atoms with Gasteiger partial charge < -0.3 is 10.2 Å². The molecule has 1 aromatic rings. The molecule has 1 atom stereocenters. The van der Waals surface area contributed by atoms with E-state index in [1.165, 1.54) is 12.1 Å². The van der Waals surface area contributed by atoms with E-state index in [4.69, 9.17) is 0 Å². The van der Waals surface area contributed by atoms with Gasteiger partial charge >= 0.3 is 6.03 Å². The molecule has 1 aliphatic rings. The number of halogens is 1. The quantitative estimate of drug-likeness (QED) is 0.925. The van der Waals surface area contributed by atoms with E-state index in [2.05, 4.69) is 24.1 Å². The zero-order chi connectivity index (χ0) is 16.8. The van der Waals surface area contributed by atoms with Crippen molar-refractivity contribution in [3.63, 3.8) is 0 Å². The highest BCUT2D eigenvalue weighted by Gasteiger charge is 2.29. The van der Waals surface area contributed by atoms with E-state index >= 15 is 0 Å². The largest absolute Gasteiger partial charge is 0.338 e. The molecule has 4 nitrogen and oxygen atoms in total. The molecule has 0 spiro atoms. The SMILES string of the molecule is CCNC(=O)N1CCCN(Cc2ccc(F)cc2)[C@H](C(C)C)C1. The number of hydrogen-bond acceptors (Lipinski definition) is 2. The van der Waals surface area contributed by atoms with Gasteiger partial charge in [0.1, 0.15) is 5.82 Å². The Morgan fingerprint density at radius 1 is 1.30 bits per heavy atom. The van der Waals surface area contributed by atoms with Crippen LogP contribution in [0.3, 0.4) is 0 Å². The van der Waals surface area contributed by atoms with Crippen LogP contribution >= 0.6 is 0 Å². The predicted molar refractivity (Wildman–Crippen MR) is 90.7 cm³/mol. The molecular formula is C18H28FN3O. The van der Waals surface area contributed by atoms with Gasteiger partial charge in [-0.3, -0.25) is 4.90 Å². The van der Waals surface area contributed by atoms with Crippen LogP contribution < -0.4 is 5.32 Å². The summed E-state index contributed by atoms with van der Waals surface area (Å²) in [5.41, 5.74) is 1.11. The smallest absolute Gasteiger partial charge is 0.317 e. The summed E-state index contributed by atoms with van der Waals surface area (Å²) in [4.78, 5) is 16.5. The number of amides is 2. The minimum Gasteiger partial charge on any atom is -0.338 e. The van der Waals surface area contributed by atoms with E-state index in [9.17, 15) is 9.18 Å². The third-order valence-electron chi connectivity index (χ3n) is 4.43. The Bertz CT molecular complexity index is 503. The Morgan fingerprint density at radius 3 is 2.61 bits per heavy atom. The second kappa shape index (κ2) is 8.29. The third kappa shape index (κ3) is 4.93. The van der Waals surface area contributed by atoms with E-state index in [0.717, 1.165) is 38.2 Å². The molecule has 1 N–H and O–H groups in total. The lowest BCUT2D eigenvalue weighted by Gasteiger charge is -2.34. The first-order valence-electron chi connectivity index (χ1n) is 8.52. The molecule has 5 heteroatoms. The van der Waals surface area contributed by atoms with Gasteiger partial charge in [0.2, 0.25) is 0 Å². The first kappa shape index (κ1) is 17.7. The molecule has 1 fully saturated rings. The van der Waals surface area contributed by atoms with Gasteiger partial charge in [0.15, 0.2) is 0 Å². The molecule has 0 saturated carbocycles. The Balaban J connectivity index is 2.09. The summed E-state index contributed by atoms with van der Waals surface area (Å²) in [5.74, 6) is 0.248. The van der Waals surface area contributed by atoms with Crippen LogP contribution in [0.5, 0.6) is 0 Å². The highest BCUT2D eigenvalue weighted by Crippen LogP contribution is 2.20. The first-order valence-corrected chi connectivity index (χ1v) is 8.52. The van der Waals surface area contributed by atoms with Gasteiger partial charge in [0.05, 0.1) is 0 Å². The van der Waals surface area contributed by atoms with Gasteiger partial charge in [-0.05, 0) is 37.0 Å². The highest BCUT2D eigenvalue weighted by molar-refractivity contribution is 5.74. The van der Waals surface area contributed by atoms with Crippen molar-refractivity contribution in [1.82, 2.24) is 15.1 Å². The van der Waals surface area contributed by atoms with E-state index in [1.54, 1.807) is 0 Å². The molecule has 2 rings (SSSR count). The van der Waals surface area contributed by atoms with Crippen molar-refractivity contribution < 1.29 is 9.18 Å². The van der Waals surface area contributed by atoms with Crippen molar-refractivity contribution in [2.45, 2.75) is 39.8 Å². The third-order valence-corrected chi connectivity index (χ3v) is 4.43. The van der Waals surface area contributed by atoms with Gasteiger partial charge in [-0.25, -0.2) is 9.18 Å². The Labute approximate surface area is 138 Å². The van der Waals surface area contributed by atoms with E-state index in [-0.39, 0.29) is 11.8 Å². The molecule has 1 aromatic carbocycles. The maximum absolute atomic E-state index is 13.1. The normalized spacial score (nSPS) is 19.7. The van der Waals surface area contributed by atoms with Crippen LogP contribution in [0.25, 0.3) is 0 Å². The lowest BCUT2D eigenvalue weighted by molar-refractivity contribution is 0.135. The Hall–Kier alpha value is -1.62. The van der Waals surface area contributed by atoms with Gasteiger partial charge in [-0.1, -0.05) is 26.0 Å². The van der Waals surface area contributed by atoms with Crippen LogP contribution in [0.2, 0.25) is 0 Å². The summed E-state index contributed by atoms with van der Waals surface area (Å²) in [6.45, 7) is 10.3. The summed E-state index contributed by atoms with van der Waals surface area (Å²) in [6.07, 6.45) is 0.960. The molecule has 1 saturated heterocycles. The molecule has 0 unspecified atom stereocenters. The van der Waals surface area contributed by atoms with Crippen molar-refractivity contribution >= 4 is 6.03 Å². The maximum atomic E-state index is 13.1. The molecule has 128 valence electrons. The van der Waals surface area contributed by atoms with Crippen LogP contribution in [0.1, 0.15) is 32.8 Å². The van der Waals surface area contributed by atoms with Crippen molar-refractivity contribution in [3.05, 3.63) is 35.6 Å². The number of carbonyl (C=O) groups is 1. The second-order valence-electron chi connectivity index (χ2n) is 6.54. The first-order chi connectivity index (χ1) is 11.0. The number of benzene rings is 1. The van der Waals surface area contributed by atoms with E-state index in [0.29, 0.717) is 18.5 Å². The van der Waals surface area contributed by atoms with Crippen LogP contribution in [-0.4, -0.2) is 48.1 Å². The summed E-state index contributed by atoms with van der Waals surface area (Å²) >= 11 is 0. The molecule has 0 aromatic heterocycles. The molecule has 0 radical (unpaired) electrons. The molecular weight excluding hydrogens is 293 g/mol. The van der Waals surface area contributed by atoms with Crippen LogP contribution in [0.4, 0.5) is 9.18 Å². The number of carbonyl (C=O) groups excluding carboxylic acids is 1. The minimum atomic E-state index is -0.201.